The minimum Gasteiger partial charge on any atom is -0.316 e. The highest BCUT2D eigenvalue weighted by Gasteiger charge is 2.26. The van der Waals surface area contributed by atoms with Gasteiger partial charge in [0.1, 0.15) is 0 Å². The lowest BCUT2D eigenvalue weighted by Gasteiger charge is -2.22. The van der Waals surface area contributed by atoms with Gasteiger partial charge in [-0.05, 0) is 84.0 Å². The molecule has 1 aliphatic carbocycles. The van der Waals surface area contributed by atoms with Gasteiger partial charge in [0.05, 0.1) is 10.7 Å². The van der Waals surface area contributed by atoms with Crippen LogP contribution in [0.3, 0.4) is 0 Å². The summed E-state index contributed by atoms with van der Waals surface area (Å²) in [5.74, 6) is 0. The largest absolute Gasteiger partial charge is 0.316 e. The van der Waals surface area contributed by atoms with Gasteiger partial charge in [-0.2, -0.15) is 0 Å². The van der Waals surface area contributed by atoms with Crippen LogP contribution in [0.1, 0.15) is 35.2 Å². The monoisotopic (exact) mass is 422 g/mol. The van der Waals surface area contributed by atoms with Crippen LogP contribution in [0.5, 0.6) is 0 Å². The summed E-state index contributed by atoms with van der Waals surface area (Å²) < 4.78 is 1.02. The van der Waals surface area contributed by atoms with Gasteiger partial charge in [-0.3, -0.25) is 4.98 Å². The fraction of sp³-hybridized carbons (Fsp3) is 0.316. The second kappa shape index (κ2) is 6.80. The zero-order chi connectivity index (χ0) is 16.7. The molecule has 2 aromatic rings. The van der Waals surface area contributed by atoms with Crippen LogP contribution in [0.15, 0.2) is 34.4 Å². The van der Waals surface area contributed by atoms with Crippen LogP contribution in [0.25, 0.3) is 5.57 Å². The van der Waals surface area contributed by atoms with Crippen LogP contribution >= 0.6 is 39.1 Å². The number of hydrogen-bond acceptors (Lipinski definition) is 2. The lowest BCUT2D eigenvalue weighted by molar-refractivity contribution is 0.611. The molecule has 1 aromatic heterocycles. The van der Waals surface area contributed by atoms with Gasteiger partial charge in [0.25, 0.3) is 0 Å². The van der Waals surface area contributed by atoms with Gasteiger partial charge < -0.3 is 5.32 Å². The molecule has 0 unspecified atom stereocenters. The van der Waals surface area contributed by atoms with Gasteiger partial charge in [-0.15, -0.1) is 0 Å². The van der Waals surface area contributed by atoms with Crippen LogP contribution < -0.4 is 5.32 Å². The van der Waals surface area contributed by atoms with Gasteiger partial charge in [-0.1, -0.05) is 28.8 Å². The van der Waals surface area contributed by atoms with E-state index in [2.05, 4.69) is 33.4 Å². The van der Waals surface area contributed by atoms with Crippen molar-refractivity contribution in [3.8, 4) is 0 Å². The number of aryl methyl sites for hydroxylation is 2. The molecule has 2 aliphatic rings. The minimum atomic E-state index is 0.702. The Morgan fingerprint density at radius 1 is 0.958 bits per heavy atom. The molecule has 1 saturated heterocycles. The number of fused-ring (bicyclic) bond motifs is 2. The molecule has 0 amide bonds. The summed E-state index contributed by atoms with van der Waals surface area (Å²) >= 11 is 16.5. The number of nitrogens with one attached hydrogen (secondary N) is 1. The highest BCUT2D eigenvalue weighted by molar-refractivity contribution is 9.10. The van der Waals surface area contributed by atoms with Crippen molar-refractivity contribution in [3.05, 3.63) is 66.9 Å². The maximum atomic E-state index is 6.66. The van der Waals surface area contributed by atoms with E-state index >= 15 is 0 Å². The third kappa shape index (κ3) is 3.03. The second-order valence-corrected chi connectivity index (χ2v) is 8.07. The Kier molecular flexibility index (Phi) is 4.70. The molecular formula is C19H17BrCl2N2. The van der Waals surface area contributed by atoms with E-state index in [1.54, 1.807) is 0 Å². The second-order valence-electron chi connectivity index (χ2n) is 6.31. The van der Waals surface area contributed by atoms with E-state index < -0.39 is 0 Å². The highest BCUT2D eigenvalue weighted by Crippen LogP contribution is 2.42. The lowest BCUT2D eigenvalue weighted by Crippen LogP contribution is -2.24. The van der Waals surface area contributed by atoms with Crippen molar-refractivity contribution < 1.29 is 0 Å². The number of aromatic nitrogens is 1. The van der Waals surface area contributed by atoms with E-state index in [4.69, 9.17) is 28.2 Å². The molecule has 0 atom stereocenters. The first-order valence-corrected chi connectivity index (χ1v) is 9.74. The van der Waals surface area contributed by atoms with Crippen molar-refractivity contribution in [1.82, 2.24) is 10.3 Å². The van der Waals surface area contributed by atoms with Crippen LogP contribution in [0, 0.1) is 0 Å². The molecule has 1 N–H and O–H groups in total. The first kappa shape index (κ1) is 16.6. The maximum Gasteiger partial charge on any atom is 0.0741 e. The van der Waals surface area contributed by atoms with Gasteiger partial charge in [0, 0.05) is 26.8 Å². The summed E-state index contributed by atoms with van der Waals surface area (Å²) in [6, 6.07) is 6.10. The zero-order valence-corrected chi connectivity index (χ0v) is 16.2. The standard InChI is InChI=1S/C19H17BrCl2N2/c20-14-7-13-2-1-12-8-15(21)9-16(22)17(12)18(19(13)24-10-14)11-3-5-23-6-4-11/h7-10,23H,1-6H2. The number of pyridine rings is 1. The summed E-state index contributed by atoms with van der Waals surface area (Å²) in [6.45, 7) is 2.01. The molecule has 124 valence electrons. The van der Waals surface area contributed by atoms with Crippen LogP contribution in [0.4, 0.5) is 0 Å². The van der Waals surface area contributed by atoms with Crippen molar-refractivity contribution >= 4 is 44.7 Å². The Morgan fingerprint density at radius 3 is 2.50 bits per heavy atom. The predicted octanol–water partition coefficient (Wildman–Crippen LogP) is 5.43. The smallest absolute Gasteiger partial charge is 0.0741 e. The van der Waals surface area contributed by atoms with Crippen molar-refractivity contribution in [2.24, 2.45) is 0 Å². The summed E-state index contributed by atoms with van der Waals surface area (Å²) in [5.41, 5.74) is 7.38. The summed E-state index contributed by atoms with van der Waals surface area (Å²) in [7, 11) is 0. The topological polar surface area (TPSA) is 24.9 Å². The Morgan fingerprint density at radius 2 is 1.71 bits per heavy atom. The summed E-state index contributed by atoms with van der Waals surface area (Å²) in [6.07, 6.45) is 5.82. The Bertz CT molecular complexity index is 838. The molecular weight excluding hydrogens is 407 g/mol. The fourth-order valence-electron chi connectivity index (χ4n) is 3.71. The molecule has 1 aliphatic heterocycles. The molecule has 2 heterocycles. The first-order valence-electron chi connectivity index (χ1n) is 8.19. The molecule has 0 radical (unpaired) electrons. The Labute approximate surface area is 160 Å². The van der Waals surface area contributed by atoms with E-state index in [0.717, 1.165) is 59.5 Å². The number of hydrogen-bond donors (Lipinski definition) is 1. The molecule has 0 bridgehead atoms. The third-order valence-corrected chi connectivity index (χ3v) is 5.73. The lowest BCUT2D eigenvalue weighted by atomic mass is 9.89. The number of piperidine rings is 1. The number of halogens is 3. The number of nitrogens with zero attached hydrogens (tertiary/aromatic N) is 1. The van der Waals surface area contributed by atoms with E-state index in [0.29, 0.717) is 5.02 Å². The van der Waals surface area contributed by atoms with E-state index in [1.165, 1.54) is 22.3 Å². The molecule has 0 spiro atoms. The van der Waals surface area contributed by atoms with E-state index in [-0.39, 0.29) is 0 Å². The number of benzene rings is 1. The normalized spacial score (nSPS) is 17.3. The molecule has 2 nitrogen and oxygen atoms in total. The average Bonchev–Trinajstić information content (AvgIpc) is 2.72. The quantitative estimate of drug-likeness (QED) is 0.610. The number of rotatable bonds is 0. The fourth-order valence-corrected chi connectivity index (χ4v) is 4.72. The van der Waals surface area contributed by atoms with Crippen molar-refractivity contribution in [2.45, 2.75) is 25.7 Å². The molecule has 24 heavy (non-hydrogen) atoms. The van der Waals surface area contributed by atoms with Crippen LogP contribution in [-0.4, -0.2) is 18.1 Å². The summed E-state index contributed by atoms with van der Waals surface area (Å²) in [4.78, 5) is 4.78. The van der Waals surface area contributed by atoms with E-state index in [1.807, 2.05) is 12.3 Å². The van der Waals surface area contributed by atoms with Crippen molar-refractivity contribution in [1.29, 1.82) is 0 Å². The van der Waals surface area contributed by atoms with Crippen molar-refractivity contribution in [3.63, 3.8) is 0 Å². The minimum absolute atomic E-state index is 0.702. The SMILES string of the molecule is Clc1cc(Cl)c2c(c1)CCc1cc(Br)cnc1C2=C1CCNCC1. The highest BCUT2D eigenvalue weighted by atomic mass is 79.9. The molecule has 5 heteroatoms. The van der Waals surface area contributed by atoms with Gasteiger partial charge in [-0.25, -0.2) is 0 Å². The molecule has 0 saturated carbocycles. The average molecular weight is 424 g/mol. The van der Waals surface area contributed by atoms with Crippen LogP contribution in [0.2, 0.25) is 10.0 Å². The van der Waals surface area contributed by atoms with E-state index in [9.17, 15) is 0 Å². The van der Waals surface area contributed by atoms with Gasteiger partial charge >= 0.3 is 0 Å². The van der Waals surface area contributed by atoms with Crippen LogP contribution in [-0.2, 0) is 12.8 Å². The Balaban J connectivity index is 2.02. The van der Waals surface area contributed by atoms with Crippen molar-refractivity contribution in [2.75, 3.05) is 13.1 Å². The maximum absolute atomic E-state index is 6.66. The Hall–Kier alpha value is -0.870. The molecule has 4 rings (SSSR count). The molecule has 1 aromatic carbocycles. The molecule has 1 fully saturated rings. The first-order chi connectivity index (χ1) is 11.6. The predicted molar refractivity (Wildman–Crippen MR) is 104 cm³/mol. The summed E-state index contributed by atoms with van der Waals surface area (Å²) in [5, 5.41) is 4.87. The van der Waals surface area contributed by atoms with Gasteiger partial charge in [0.2, 0.25) is 0 Å². The third-order valence-electron chi connectivity index (χ3n) is 4.78. The van der Waals surface area contributed by atoms with Gasteiger partial charge in [0.15, 0.2) is 0 Å². The zero-order valence-electron chi connectivity index (χ0n) is 13.1.